The van der Waals surface area contributed by atoms with Crippen LogP contribution in [0.5, 0.6) is 0 Å². The van der Waals surface area contributed by atoms with Crippen LogP contribution in [0.15, 0.2) is 12.4 Å². The minimum atomic E-state index is 0. The molecule has 3 nitrogen and oxygen atoms in total. The SMILES string of the molecule is Clc1cnc(C[C@H]2CCNC2)nc1.S. The van der Waals surface area contributed by atoms with Crippen molar-refractivity contribution < 1.29 is 0 Å². The Morgan fingerprint density at radius 2 is 2.14 bits per heavy atom. The molecule has 0 unspecified atom stereocenters. The Labute approximate surface area is 95.7 Å². The highest BCUT2D eigenvalue weighted by molar-refractivity contribution is 7.59. The van der Waals surface area contributed by atoms with Crippen molar-refractivity contribution in [1.29, 1.82) is 0 Å². The summed E-state index contributed by atoms with van der Waals surface area (Å²) in [5.74, 6) is 1.60. The quantitative estimate of drug-likeness (QED) is 0.836. The highest BCUT2D eigenvalue weighted by atomic mass is 35.5. The zero-order valence-electron chi connectivity index (χ0n) is 7.83. The summed E-state index contributed by atoms with van der Waals surface area (Å²) in [4.78, 5) is 8.34. The molecule has 0 aromatic carbocycles. The molecule has 0 bridgehead atoms. The first-order chi connectivity index (χ1) is 6.34. The lowest BCUT2D eigenvalue weighted by atomic mass is 10.1. The Morgan fingerprint density at radius 1 is 1.43 bits per heavy atom. The van der Waals surface area contributed by atoms with Gasteiger partial charge in [0.15, 0.2) is 0 Å². The van der Waals surface area contributed by atoms with Gasteiger partial charge in [-0.3, -0.25) is 0 Å². The molecule has 2 rings (SSSR count). The number of rotatable bonds is 2. The van der Waals surface area contributed by atoms with Crippen LogP contribution >= 0.6 is 25.1 Å². The number of nitrogens with zero attached hydrogens (tertiary/aromatic N) is 2. The number of halogens is 1. The van der Waals surface area contributed by atoms with Crippen molar-refractivity contribution in [2.45, 2.75) is 12.8 Å². The van der Waals surface area contributed by atoms with Gasteiger partial charge in [0, 0.05) is 18.8 Å². The molecule has 0 saturated carbocycles. The molecule has 1 aromatic heterocycles. The first kappa shape index (κ1) is 11.8. The maximum Gasteiger partial charge on any atom is 0.128 e. The second-order valence-corrected chi connectivity index (χ2v) is 3.82. The van der Waals surface area contributed by atoms with Crippen LogP contribution in [0.1, 0.15) is 12.2 Å². The fourth-order valence-electron chi connectivity index (χ4n) is 1.59. The minimum absolute atomic E-state index is 0. The van der Waals surface area contributed by atoms with Gasteiger partial charge >= 0.3 is 0 Å². The molecule has 1 aliphatic heterocycles. The van der Waals surface area contributed by atoms with Crippen LogP contribution in [0.25, 0.3) is 0 Å². The fourth-order valence-corrected chi connectivity index (χ4v) is 1.69. The highest BCUT2D eigenvalue weighted by Gasteiger charge is 2.15. The van der Waals surface area contributed by atoms with Crippen molar-refractivity contribution in [2.75, 3.05) is 13.1 Å². The van der Waals surface area contributed by atoms with Gasteiger partial charge in [-0.1, -0.05) is 11.6 Å². The van der Waals surface area contributed by atoms with Gasteiger partial charge < -0.3 is 5.32 Å². The second kappa shape index (κ2) is 5.53. The van der Waals surface area contributed by atoms with Gasteiger partial charge in [-0.05, 0) is 25.4 Å². The second-order valence-electron chi connectivity index (χ2n) is 3.38. The van der Waals surface area contributed by atoms with Crippen LogP contribution < -0.4 is 5.32 Å². The molecule has 1 aromatic rings. The summed E-state index contributed by atoms with van der Waals surface area (Å²) >= 11 is 5.69. The van der Waals surface area contributed by atoms with E-state index in [1.165, 1.54) is 6.42 Å². The molecule has 1 atom stereocenters. The lowest BCUT2D eigenvalue weighted by molar-refractivity contribution is 0.561. The zero-order chi connectivity index (χ0) is 9.10. The molecular weight excluding hydrogens is 218 g/mol. The topological polar surface area (TPSA) is 37.8 Å². The van der Waals surface area contributed by atoms with Gasteiger partial charge in [-0.15, -0.1) is 0 Å². The van der Waals surface area contributed by atoms with Crippen molar-refractivity contribution in [2.24, 2.45) is 5.92 Å². The average molecular weight is 232 g/mol. The minimum Gasteiger partial charge on any atom is -0.316 e. The van der Waals surface area contributed by atoms with E-state index in [4.69, 9.17) is 11.6 Å². The van der Waals surface area contributed by atoms with Crippen molar-refractivity contribution in [3.63, 3.8) is 0 Å². The molecule has 5 heteroatoms. The van der Waals surface area contributed by atoms with Gasteiger partial charge in [0.25, 0.3) is 0 Å². The molecule has 0 spiro atoms. The van der Waals surface area contributed by atoms with E-state index in [-0.39, 0.29) is 13.5 Å². The Bertz CT molecular complexity index is 272. The third kappa shape index (κ3) is 3.12. The first-order valence-electron chi connectivity index (χ1n) is 4.52. The smallest absolute Gasteiger partial charge is 0.128 e. The maximum atomic E-state index is 5.69. The standard InChI is InChI=1S/C9H12ClN3.H2S/c10-8-5-12-9(13-6-8)3-7-1-2-11-4-7;/h5-7,11H,1-4H2;1H2/t7-;/m1./s1. The van der Waals surface area contributed by atoms with E-state index in [9.17, 15) is 0 Å². The van der Waals surface area contributed by atoms with Gasteiger partial charge in [-0.2, -0.15) is 13.5 Å². The largest absolute Gasteiger partial charge is 0.316 e. The molecule has 14 heavy (non-hydrogen) atoms. The van der Waals surface area contributed by atoms with Crippen molar-refractivity contribution in [3.05, 3.63) is 23.2 Å². The number of hydrogen-bond donors (Lipinski definition) is 1. The van der Waals surface area contributed by atoms with Gasteiger partial charge in [0.05, 0.1) is 5.02 Å². The van der Waals surface area contributed by atoms with Crippen LogP contribution in [-0.2, 0) is 6.42 Å². The van der Waals surface area contributed by atoms with E-state index in [0.717, 1.165) is 25.3 Å². The predicted octanol–water partition coefficient (Wildman–Crippen LogP) is 1.39. The average Bonchev–Trinajstić information content (AvgIpc) is 2.62. The van der Waals surface area contributed by atoms with E-state index in [1.54, 1.807) is 12.4 Å². The zero-order valence-corrected chi connectivity index (χ0v) is 9.59. The predicted molar refractivity (Wildman–Crippen MR) is 62.1 cm³/mol. The summed E-state index contributed by atoms with van der Waals surface area (Å²) in [7, 11) is 0. The van der Waals surface area contributed by atoms with Crippen molar-refractivity contribution >= 4 is 25.1 Å². The molecule has 0 amide bonds. The number of hydrogen-bond acceptors (Lipinski definition) is 3. The molecule has 1 saturated heterocycles. The number of nitrogens with one attached hydrogen (secondary N) is 1. The Balaban J connectivity index is 0.000000980. The molecule has 2 heterocycles. The van der Waals surface area contributed by atoms with E-state index in [2.05, 4.69) is 15.3 Å². The monoisotopic (exact) mass is 231 g/mol. The molecular formula is C9H14ClN3S. The lowest BCUT2D eigenvalue weighted by Gasteiger charge is -2.05. The van der Waals surface area contributed by atoms with Crippen LogP contribution in [0.4, 0.5) is 0 Å². The van der Waals surface area contributed by atoms with Gasteiger partial charge in [-0.25, -0.2) is 9.97 Å². The summed E-state index contributed by atoms with van der Waals surface area (Å²) in [5, 5.41) is 3.93. The van der Waals surface area contributed by atoms with Gasteiger partial charge in [0.2, 0.25) is 0 Å². The Morgan fingerprint density at radius 3 is 2.71 bits per heavy atom. The first-order valence-corrected chi connectivity index (χ1v) is 4.89. The molecule has 78 valence electrons. The highest BCUT2D eigenvalue weighted by Crippen LogP contribution is 2.13. The van der Waals surface area contributed by atoms with E-state index in [1.807, 2.05) is 0 Å². The molecule has 1 fully saturated rings. The fraction of sp³-hybridized carbons (Fsp3) is 0.556. The number of aromatic nitrogens is 2. The van der Waals surface area contributed by atoms with E-state index < -0.39 is 0 Å². The van der Waals surface area contributed by atoms with Crippen LogP contribution in [0.3, 0.4) is 0 Å². The summed E-state index contributed by atoms with van der Waals surface area (Å²) in [5.41, 5.74) is 0. The van der Waals surface area contributed by atoms with Crippen molar-refractivity contribution in [3.8, 4) is 0 Å². The summed E-state index contributed by atoms with van der Waals surface area (Å²) in [6.07, 6.45) is 5.51. The molecule has 0 aliphatic carbocycles. The summed E-state index contributed by atoms with van der Waals surface area (Å²) in [6.45, 7) is 2.21. The Kier molecular flexibility index (Phi) is 4.65. The summed E-state index contributed by atoms with van der Waals surface area (Å²) in [6, 6.07) is 0. The Hall–Kier alpha value is -0.320. The van der Waals surface area contributed by atoms with Crippen LogP contribution in [0, 0.1) is 5.92 Å². The normalized spacial score (nSPS) is 20.5. The van der Waals surface area contributed by atoms with E-state index >= 15 is 0 Å². The lowest BCUT2D eigenvalue weighted by Crippen LogP contribution is -2.12. The van der Waals surface area contributed by atoms with Gasteiger partial charge in [0.1, 0.15) is 5.82 Å². The van der Waals surface area contributed by atoms with Crippen LogP contribution in [-0.4, -0.2) is 23.1 Å². The molecule has 0 radical (unpaired) electrons. The third-order valence-corrected chi connectivity index (χ3v) is 2.50. The molecule has 1 aliphatic rings. The summed E-state index contributed by atoms with van der Waals surface area (Å²) < 4.78 is 0. The molecule has 1 N–H and O–H groups in total. The van der Waals surface area contributed by atoms with Crippen LogP contribution in [0.2, 0.25) is 5.02 Å². The van der Waals surface area contributed by atoms with Crippen molar-refractivity contribution in [1.82, 2.24) is 15.3 Å². The maximum absolute atomic E-state index is 5.69. The van der Waals surface area contributed by atoms with E-state index in [0.29, 0.717) is 10.9 Å². The third-order valence-electron chi connectivity index (χ3n) is 2.31.